The van der Waals surface area contributed by atoms with Gasteiger partial charge in [0, 0.05) is 5.56 Å². The summed E-state index contributed by atoms with van der Waals surface area (Å²) in [5.74, 6) is 1.44. The lowest BCUT2D eigenvalue weighted by Crippen LogP contribution is -2.15. The Balaban J connectivity index is 2.25. The molecule has 0 aliphatic heterocycles. The molecule has 1 aromatic heterocycles. The molecule has 17 heavy (non-hydrogen) atoms. The van der Waals surface area contributed by atoms with E-state index in [2.05, 4.69) is 22.1 Å². The van der Waals surface area contributed by atoms with Crippen LogP contribution in [0.2, 0.25) is 0 Å². The molecule has 90 valence electrons. The molecule has 0 amide bonds. The highest BCUT2D eigenvalue weighted by molar-refractivity contribution is 5.38. The van der Waals surface area contributed by atoms with Crippen LogP contribution in [-0.4, -0.2) is 21.8 Å². The number of nitrogens with two attached hydrogens (primary N) is 1. The van der Waals surface area contributed by atoms with Crippen LogP contribution in [0.4, 0.5) is 0 Å². The van der Waals surface area contributed by atoms with Crippen molar-refractivity contribution in [3.05, 3.63) is 42.0 Å². The molecule has 1 aromatic carbocycles. The Morgan fingerprint density at radius 1 is 1.41 bits per heavy atom. The van der Waals surface area contributed by atoms with Gasteiger partial charge in [-0.2, -0.15) is 5.10 Å². The highest BCUT2D eigenvalue weighted by atomic mass is 16.5. The molecule has 0 spiro atoms. The summed E-state index contributed by atoms with van der Waals surface area (Å²) in [6.07, 6.45) is 2.41. The van der Waals surface area contributed by atoms with Crippen LogP contribution >= 0.6 is 0 Å². The number of hydrogen-bond acceptors (Lipinski definition) is 4. The van der Waals surface area contributed by atoms with Gasteiger partial charge in [0.25, 0.3) is 0 Å². The van der Waals surface area contributed by atoms with Crippen molar-refractivity contribution in [1.82, 2.24) is 15.2 Å². The first-order chi connectivity index (χ1) is 8.33. The van der Waals surface area contributed by atoms with Crippen LogP contribution in [0.3, 0.4) is 0 Å². The maximum atomic E-state index is 6.12. The second-order valence-electron chi connectivity index (χ2n) is 3.73. The van der Waals surface area contributed by atoms with E-state index in [1.165, 1.54) is 6.33 Å². The van der Waals surface area contributed by atoms with E-state index in [1.807, 2.05) is 24.3 Å². The molecule has 5 nitrogen and oxygen atoms in total. The largest absolute Gasteiger partial charge is 0.493 e. The molecule has 1 atom stereocenters. The second-order valence-corrected chi connectivity index (χ2v) is 3.73. The molecule has 0 saturated carbocycles. The first-order valence-electron chi connectivity index (χ1n) is 5.65. The van der Waals surface area contributed by atoms with E-state index in [0.717, 1.165) is 17.7 Å². The Kier molecular flexibility index (Phi) is 3.72. The summed E-state index contributed by atoms with van der Waals surface area (Å²) in [7, 11) is 0. The lowest BCUT2D eigenvalue weighted by Gasteiger charge is -2.14. The monoisotopic (exact) mass is 232 g/mol. The van der Waals surface area contributed by atoms with Gasteiger partial charge >= 0.3 is 0 Å². The Bertz CT molecular complexity index is 455. The molecule has 1 heterocycles. The third-order valence-electron chi connectivity index (χ3n) is 2.44. The van der Waals surface area contributed by atoms with E-state index in [9.17, 15) is 0 Å². The normalized spacial score (nSPS) is 12.4. The number of aromatic nitrogens is 3. The Labute approximate surface area is 100 Å². The minimum absolute atomic E-state index is 0.342. The van der Waals surface area contributed by atoms with Crippen LogP contribution in [0, 0.1) is 0 Å². The fourth-order valence-electron chi connectivity index (χ4n) is 1.59. The fraction of sp³-hybridized carbons (Fsp3) is 0.333. The van der Waals surface area contributed by atoms with Gasteiger partial charge < -0.3 is 10.5 Å². The number of benzene rings is 1. The Hall–Kier alpha value is -1.88. The second kappa shape index (κ2) is 5.45. The molecule has 0 saturated heterocycles. The van der Waals surface area contributed by atoms with Gasteiger partial charge in [0.2, 0.25) is 0 Å². The van der Waals surface area contributed by atoms with Gasteiger partial charge in [0.1, 0.15) is 17.9 Å². The first kappa shape index (κ1) is 11.6. The van der Waals surface area contributed by atoms with Crippen molar-refractivity contribution >= 4 is 0 Å². The maximum absolute atomic E-state index is 6.12. The van der Waals surface area contributed by atoms with Crippen molar-refractivity contribution in [1.29, 1.82) is 0 Å². The molecule has 3 N–H and O–H groups in total. The SMILES string of the molecule is CCCOc1ccccc1C(N)c1ncn[nH]1. The Morgan fingerprint density at radius 3 is 2.94 bits per heavy atom. The standard InChI is InChI=1S/C12H16N4O/c1-2-7-17-10-6-4-3-5-9(10)11(13)12-14-8-15-16-12/h3-6,8,11H,2,7,13H2,1H3,(H,14,15,16). The highest BCUT2D eigenvalue weighted by Gasteiger charge is 2.15. The van der Waals surface area contributed by atoms with Gasteiger partial charge in [0.05, 0.1) is 12.6 Å². The predicted octanol–water partition coefficient (Wildman–Crippen LogP) is 1.64. The van der Waals surface area contributed by atoms with Gasteiger partial charge in [-0.05, 0) is 12.5 Å². The molecular formula is C12H16N4O. The highest BCUT2D eigenvalue weighted by Crippen LogP contribution is 2.26. The van der Waals surface area contributed by atoms with Crippen molar-refractivity contribution in [2.24, 2.45) is 5.73 Å². The summed E-state index contributed by atoms with van der Waals surface area (Å²) in [6, 6.07) is 7.39. The van der Waals surface area contributed by atoms with Crippen molar-refractivity contribution in [3.8, 4) is 5.75 Å². The van der Waals surface area contributed by atoms with Crippen molar-refractivity contribution < 1.29 is 4.74 Å². The van der Waals surface area contributed by atoms with Gasteiger partial charge in [0.15, 0.2) is 0 Å². The molecule has 0 aliphatic carbocycles. The summed E-state index contributed by atoms with van der Waals surface area (Å²) >= 11 is 0. The van der Waals surface area contributed by atoms with Gasteiger partial charge in [-0.3, -0.25) is 5.10 Å². The topological polar surface area (TPSA) is 76.8 Å². The molecule has 0 radical (unpaired) electrons. The van der Waals surface area contributed by atoms with Crippen LogP contribution in [0.5, 0.6) is 5.75 Å². The number of ether oxygens (including phenoxy) is 1. The summed E-state index contributed by atoms with van der Waals surface area (Å²) in [5.41, 5.74) is 7.03. The fourth-order valence-corrected chi connectivity index (χ4v) is 1.59. The zero-order valence-corrected chi connectivity index (χ0v) is 9.76. The average Bonchev–Trinajstić information content (AvgIpc) is 2.89. The van der Waals surface area contributed by atoms with Gasteiger partial charge in [-0.1, -0.05) is 25.1 Å². The summed E-state index contributed by atoms with van der Waals surface area (Å²) in [6.45, 7) is 2.75. The minimum atomic E-state index is -0.342. The molecular weight excluding hydrogens is 216 g/mol. The average molecular weight is 232 g/mol. The number of aromatic amines is 1. The minimum Gasteiger partial charge on any atom is -0.493 e. The van der Waals surface area contributed by atoms with Crippen molar-refractivity contribution in [3.63, 3.8) is 0 Å². The Morgan fingerprint density at radius 2 is 2.24 bits per heavy atom. The lowest BCUT2D eigenvalue weighted by atomic mass is 10.1. The smallest absolute Gasteiger partial charge is 0.145 e. The molecule has 2 rings (SSSR count). The summed E-state index contributed by atoms with van der Waals surface area (Å²) < 4.78 is 5.66. The summed E-state index contributed by atoms with van der Waals surface area (Å²) in [5, 5.41) is 6.58. The van der Waals surface area contributed by atoms with Crippen LogP contribution in [0.25, 0.3) is 0 Å². The van der Waals surface area contributed by atoms with E-state index in [-0.39, 0.29) is 6.04 Å². The molecule has 0 aliphatic rings. The van der Waals surface area contributed by atoms with Crippen LogP contribution in [0.1, 0.15) is 30.8 Å². The summed E-state index contributed by atoms with van der Waals surface area (Å²) in [4.78, 5) is 4.07. The van der Waals surface area contributed by atoms with Gasteiger partial charge in [-0.15, -0.1) is 0 Å². The number of nitrogens with zero attached hydrogens (tertiary/aromatic N) is 2. The number of H-pyrrole nitrogens is 1. The predicted molar refractivity (Wildman–Crippen MR) is 64.6 cm³/mol. The molecule has 0 bridgehead atoms. The third-order valence-corrected chi connectivity index (χ3v) is 2.44. The van der Waals surface area contributed by atoms with E-state index >= 15 is 0 Å². The molecule has 1 unspecified atom stereocenters. The van der Waals surface area contributed by atoms with Crippen molar-refractivity contribution in [2.45, 2.75) is 19.4 Å². The van der Waals surface area contributed by atoms with Crippen LogP contribution < -0.4 is 10.5 Å². The van der Waals surface area contributed by atoms with Crippen LogP contribution in [0.15, 0.2) is 30.6 Å². The quantitative estimate of drug-likeness (QED) is 0.821. The molecule has 2 aromatic rings. The maximum Gasteiger partial charge on any atom is 0.145 e. The number of nitrogens with one attached hydrogen (secondary N) is 1. The zero-order chi connectivity index (χ0) is 12.1. The van der Waals surface area contributed by atoms with E-state index in [1.54, 1.807) is 0 Å². The van der Waals surface area contributed by atoms with Crippen LogP contribution in [-0.2, 0) is 0 Å². The van der Waals surface area contributed by atoms with Gasteiger partial charge in [-0.25, -0.2) is 4.98 Å². The zero-order valence-electron chi connectivity index (χ0n) is 9.76. The third kappa shape index (κ3) is 2.62. The number of rotatable bonds is 5. The number of para-hydroxylation sites is 1. The molecule has 0 fully saturated rings. The lowest BCUT2D eigenvalue weighted by molar-refractivity contribution is 0.313. The van der Waals surface area contributed by atoms with E-state index in [0.29, 0.717) is 12.4 Å². The first-order valence-corrected chi connectivity index (χ1v) is 5.65. The van der Waals surface area contributed by atoms with Crippen molar-refractivity contribution in [2.75, 3.05) is 6.61 Å². The number of hydrogen-bond donors (Lipinski definition) is 2. The van der Waals surface area contributed by atoms with E-state index < -0.39 is 0 Å². The molecule has 5 heteroatoms. The van der Waals surface area contributed by atoms with E-state index in [4.69, 9.17) is 10.5 Å².